The zero-order valence-electron chi connectivity index (χ0n) is 13.8. The van der Waals surface area contributed by atoms with Crippen LogP contribution in [0.3, 0.4) is 0 Å². The molecule has 25 heavy (non-hydrogen) atoms. The van der Waals surface area contributed by atoms with Gasteiger partial charge in [-0.2, -0.15) is 0 Å². The standard InChI is InChI=1S/C17H23Cl2N3O3/c18-11-6-7-13(19)12(9-11)16(24)21-22-17(25)15(23)14(20)8-10-4-2-1-3-5-10/h6-7,9-10,14-15,23H,1-5,8,20H2,(H,21,24)(H,22,25)/t14-,15?/m1/s1. The zero-order valence-corrected chi connectivity index (χ0v) is 15.3. The van der Waals surface area contributed by atoms with E-state index in [4.69, 9.17) is 28.9 Å². The topological polar surface area (TPSA) is 104 Å². The Morgan fingerprint density at radius 2 is 1.88 bits per heavy atom. The van der Waals surface area contributed by atoms with Crippen LogP contribution >= 0.6 is 23.2 Å². The highest BCUT2D eigenvalue weighted by Crippen LogP contribution is 2.27. The van der Waals surface area contributed by atoms with E-state index in [1.807, 2.05) is 0 Å². The fourth-order valence-electron chi connectivity index (χ4n) is 3.06. The van der Waals surface area contributed by atoms with Crippen molar-refractivity contribution in [2.75, 3.05) is 0 Å². The van der Waals surface area contributed by atoms with Gasteiger partial charge in [0.15, 0.2) is 0 Å². The number of amides is 2. The summed E-state index contributed by atoms with van der Waals surface area (Å²) in [5.74, 6) is -0.949. The van der Waals surface area contributed by atoms with Crippen molar-refractivity contribution in [3.05, 3.63) is 33.8 Å². The smallest absolute Gasteiger partial charge is 0.271 e. The van der Waals surface area contributed by atoms with Gasteiger partial charge in [0.05, 0.1) is 10.6 Å². The molecule has 0 spiro atoms. The fraction of sp³-hybridized carbons (Fsp3) is 0.529. The zero-order chi connectivity index (χ0) is 18.4. The second kappa shape index (κ2) is 9.38. The Morgan fingerprint density at radius 3 is 2.56 bits per heavy atom. The SMILES string of the molecule is N[C@H](CC1CCCCC1)C(O)C(=O)NNC(=O)c1cc(Cl)ccc1Cl. The van der Waals surface area contributed by atoms with Crippen LogP contribution in [0, 0.1) is 5.92 Å². The molecule has 1 aromatic rings. The van der Waals surface area contributed by atoms with Crippen LogP contribution < -0.4 is 16.6 Å². The first kappa shape index (κ1) is 20.0. The molecule has 1 unspecified atom stereocenters. The van der Waals surface area contributed by atoms with Gasteiger partial charge >= 0.3 is 0 Å². The Morgan fingerprint density at radius 1 is 1.20 bits per heavy atom. The molecule has 1 saturated carbocycles. The minimum absolute atomic E-state index is 0.121. The molecule has 0 radical (unpaired) electrons. The Balaban J connectivity index is 1.83. The maximum Gasteiger partial charge on any atom is 0.271 e. The van der Waals surface area contributed by atoms with Crippen molar-refractivity contribution >= 4 is 35.0 Å². The number of hydrogen-bond donors (Lipinski definition) is 4. The van der Waals surface area contributed by atoms with Crippen molar-refractivity contribution in [2.45, 2.75) is 50.7 Å². The van der Waals surface area contributed by atoms with E-state index in [9.17, 15) is 14.7 Å². The second-order valence-corrected chi connectivity index (χ2v) is 7.26. The molecular weight excluding hydrogens is 365 g/mol. The Hall–Kier alpha value is -1.34. The first-order chi connectivity index (χ1) is 11.9. The molecular formula is C17H23Cl2N3O3. The van der Waals surface area contributed by atoms with Gasteiger partial charge in [-0.3, -0.25) is 20.4 Å². The minimum Gasteiger partial charge on any atom is -0.382 e. The van der Waals surface area contributed by atoms with Crippen molar-refractivity contribution < 1.29 is 14.7 Å². The van der Waals surface area contributed by atoms with Gasteiger partial charge in [-0.1, -0.05) is 55.3 Å². The monoisotopic (exact) mass is 387 g/mol. The number of benzene rings is 1. The quantitative estimate of drug-likeness (QED) is 0.582. The molecule has 0 aromatic heterocycles. The highest BCUT2D eigenvalue weighted by Gasteiger charge is 2.27. The van der Waals surface area contributed by atoms with Crippen LogP contribution in [-0.2, 0) is 4.79 Å². The third kappa shape index (κ3) is 5.85. The summed E-state index contributed by atoms with van der Waals surface area (Å²) < 4.78 is 0. The fourth-order valence-corrected chi connectivity index (χ4v) is 3.44. The summed E-state index contributed by atoms with van der Waals surface area (Å²) in [5, 5.41) is 10.6. The molecule has 0 aliphatic heterocycles. The predicted molar refractivity (Wildman–Crippen MR) is 97.2 cm³/mol. The third-order valence-corrected chi connectivity index (χ3v) is 5.04. The number of hydrazine groups is 1. The maximum absolute atomic E-state index is 12.0. The maximum atomic E-state index is 12.0. The molecule has 2 rings (SSSR count). The lowest BCUT2D eigenvalue weighted by molar-refractivity contribution is -0.131. The van der Waals surface area contributed by atoms with Crippen molar-refractivity contribution in [3.63, 3.8) is 0 Å². The van der Waals surface area contributed by atoms with E-state index in [1.165, 1.54) is 18.6 Å². The molecule has 5 N–H and O–H groups in total. The number of nitrogens with one attached hydrogen (secondary N) is 2. The van der Waals surface area contributed by atoms with Gasteiger partial charge in [0.25, 0.3) is 11.8 Å². The minimum atomic E-state index is -1.39. The average molecular weight is 388 g/mol. The summed E-state index contributed by atoms with van der Waals surface area (Å²) in [6.07, 6.45) is 4.90. The van der Waals surface area contributed by atoms with Gasteiger partial charge in [-0.15, -0.1) is 0 Å². The van der Waals surface area contributed by atoms with Crippen molar-refractivity contribution in [1.82, 2.24) is 10.9 Å². The molecule has 2 amide bonds. The van der Waals surface area contributed by atoms with Gasteiger partial charge < -0.3 is 10.8 Å². The normalized spacial score (nSPS) is 17.6. The molecule has 2 atom stereocenters. The van der Waals surface area contributed by atoms with Crippen molar-refractivity contribution in [1.29, 1.82) is 0 Å². The molecule has 1 aromatic carbocycles. The van der Waals surface area contributed by atoms with Crippen molar-refractivity contribution in [3.8, 4) is 0 Å². The highest BCUT2D eigenvalue weighted by molar-refractivity contribution is 6.35. The number of aliphatic hydroxyl groups excluding tert-OH is 1. The Kier molecular flexibility index (Phi) is 7.50. The van der Waals surface area contributed by atoms with E-state index < -0.39 is 24.0 Å². The van der Waals surface area contributed by atoms with Gasteiger partial charge in [-0.05, 0) is 30.5 Å². The molecule has 0 saturated heterocycles. The lowest BCUT2D eigenvalue weighted by atomic mass is 9.84. The molecule has 0 bridgehead atoms. The number of hydrogen-bond acceptors (Lipinski definition) is 4. The van der Waals surface area contributed by atoms with Gasteiger partial charge in [0.1, 0.15) is 6.10 Å². The van der Waals surface area contributed by atoms with E-state index in [0.29, 0.717) is 17.4 Å². The molecule has 0 heterocycles. The first-order valence-corrected chi connectivity index (χ1v) is 9.13. The summed E-state index contributed by atoms with van der Waals surface area (Å²) in [6, 6.07) is 3.74. The molecule has 1 aliphatic carbocycles. The number of carbonyl (C=O) groups is 2. The van der Waals surface area contributed by atoms with Crippen LogP contribution in [0.1, 0.15) is 48.9 Å². The third-order valence-electron chi connectivity index (χ3n) is 4.48. The van der Waals surface area contributed by atoms with Crippen LogP contribution in [0.2, 0.25) is 10.0 Å². The summed E-state index contributed by atoms with van der Waals surface area (Å²) >= 11 is 11.8. The van der Waals surface area contributed by atoms with E-state index in [2.05, 4.69) is 10.9 Å². The largest absolute Gasteiger partial charge is 0.382 e. The van der Waals surface area contributed by atoms with Gasteiger partial charge in [0, 0.05) is 11.1 Å². The second-order valence-electron chi connectivity index (χ2n) is 6.42. The summed E-state index contributed by atoms with van der Waals surface area (Å²) in [7, 11) is 0. The number of nitrogens with two attached hydrogens (primary N) is 1. The van der Waals surface area contributed by atoms with E-state index >= 15 is 0 Å². The lowest BCUT2D eigenvalue weighted by Gasteiger charge is -2.26. The number of rotatable bonds is 5. The summed E-state index contributed by atoms with van der Waals surface area (Å²) in [6.45, 7) is 0. The van der Waals surface area contributed by atoms with E-state index in [1.54, 1.807) is 6.07 Å². The van der Waals surface area contributed by atoms with Crippen LogP contribution in [-0.4, -0.2) is 29.1 Å². The number of halogens is 2. The number of aliphatic hydroxyl groups is 1. The van der Waals surface area contributed by atoms with Gasteiger partial charge in [-0.25, -0.2) is 0 Å². The van der Waals surface area contributed by atoms with Crippen LogP contribution in [0.15, 0.2) is 18.2 Å². The summed E-state index contributed by atoms with van der Waals surface area (Å²) in [5.41, 5.74) is 10.5. The molecule has 1 aliphatic rings. The predicted octanol–water partition coefficient (Wildman–Crippen LogP) is 2.41. The molecule has 138 valence electrons. The number of carbonyl (C=O) groups excluding carboxylic acids is 2. The van der Waals surface area contributed by atoms with Crippen LogP contribution in [0.25, 0.3) is 0 Å². The molecule has 8 heteroatoms. The van der Waals surface area contributed by atoms with Crippen LogP contribution in [0.4, 0.5) is 0 Å². The van der Waals surface area contributed by atoms with Crippen molar-refractivity contribution in [2.24, 2.45) is 11.7 Å². The summed E-state index contributed by atoms with van der Waals surface area (Å²) in [4.78, 5) is 24.0. The Bertz CT molecular complexity index is 621. The van der Waals surface area contributed by atoms with Gasteiger partial charge in [0.2, 0.25) is 0 Å². The molecule has 1 fully saturated rings. The van der Waals surface area contributed by atoms with E-state index in [0.717, 1.165) is 25.7 Å². The lowest BCUT2D eigenvalue weighted by Crippen LogP contribution is -2.52. The highest BCUT2D eigenvalue weighted by atomic mass is 35.5. The first-order valence-electron chi connectivity index (χ1n) is 8.37. The van der Waals surface area contributed by atoms with E-state index in [-0.39, 0.29) is 10.6 Å². The molecule has 6 nitrogen and oxygen atoms in total. The Labute approximate surface area is 157 Å². The average Bonchev–Trinajstić information content (AvgIpc) is 2.61. The van der Waals surface area contributed by atoms with Crippen LogP contribution in [0.5, 0.6) is 0 Å².